The average Bonchev–Trinajstić information content (AvgIpc) is 2.67. The molecule has 2 unspecified atom stereocenters. The molecule has 1 saturated heterocycles. The van der Waals surface area contributed by atoms with Crippen LogP contribution in [0.1, 0.15) is 18.0 Å². The molecule has 3 N–H and O–H groups in total. The third-order valence-electron chi connectivity index (χ3n) is 2.78. The molecule has 1 fully saturated rings. The Balaban J connectivity index is 2.06. The molecule has 3 nitrogen and oxygen atoms in total. The monoisotopic (exact) mass is 193 g/mol. The zero-order valence-corrected chi connectivity index (χ0v) is 7.98. The Labute approximate surface area is 83.4 Å². The van der Waals surface area contributed by atoms with E-state index in [0.29, 0.717) is 17.7 Å². The lowest BCUT2D eigenvalue weighted by atomic mass is 10.0. The van der Waals surface area contributed by atoms with Crippen LogP contribution in [0.4, 0.5) is 0 Å². The van der Waals surface area contributed by atoms with Crippen molar-refractivity contribution in [3.05, 3.63) is 29.8 Å². The van der Waals surface area contributed by atoms with E-state index in [1.807, 2.05) is 12.1 Å². The van der Waals surface area contributed by atoms with E-state index in [1.54, 1.807) is 12.1 Å². The summed E-state index contributed by atoms with van der Waals surface area (Å²) in [4.78, 5) is 0. The van der Waals surface area contributed by atoms with Crippen molar-refractivity contribution in [3.8, 4) is 5.75 Å². The van der Waals surface area contributed by atoms with Gasteiger partial charge in [-0.25, -0.2) is 0 Å². The number of aromatic hydroxyl groups is 1. The van der Waals surface area contributed by atoms with Gasteiger partial charge in [-0.3, -0.25) is 0 Å². The fraction of sp³-hybridized carbons (Fsp3) is 0.455. The minimum atomic E-state index is 0.252. The molecular weight excluding hydrogens is 178 g/mol. The first-order chi connectivity index (χ1) is 6.79. The predicted molar refractivity (Wildman–Crippen MR) is 54.0 cm³/mol. The molecule has 0 bridgehead atoms. The summed E-state index contributed by atoms with van der Waals surface area (Å²) in [5, 5.41) is 21.5. The Bertz CT molecular complexity index is 297. The highest BCUT2D eigenvalue weighted by molar-refractivity contribution is 5.28. The van der Waals surface area contributed by atoms with Gasteiger partial charge in [-0.05, 0) is 30.0 Å². The van der Waals surface area contributed by atoms with E-state index < -0.39 is 0 Å². The fourth-order valence-corrected chi connectivity index (χ4v) is 1.91. The summed E-state index contributed by atoms with van der Waals surface area (Å²) in [6, 6.07) is 7.57. The van der Waals surface area contributed by atoms with Gasteiger partial charge in [0.15, 0.2) is 0 Å². The van der Waals surface area contributed by atoms with Crippen molar-refractivity contribution in [1.29, 1.82) is 0 Å². The SMILES string of the molecule is OCC1CNC(c2ccc(O)cc2)C1. The van der Waals surface area contributed by atoms with Crippen molar-refractivity contribution >= 4 is 0 Å². The first-order valence-electron chi connectivity index (χ1n) is 4.93. The summed E-state index contributed by atoms with van der Waals surface area (Å²) in [5.41, 5.74) is 1.18. The number of phenolic OH excluding ortho intramolecular Hbond substituents is 1. The van der Waals surface area contributed by atoms with Crippen LogP contribution in [0.25, 0.3) is 0 Å². The predicted octanol–water partition coefficient (Wildman–Crippen LogP) is 1.04. The van der Waals surface area contributed by atoms with Gasteiger partial charge in [-0.2, -0.15) is 0 Å². The molecule has 2 rings (SSSR count). The Morgan fingerprint density at radius 3 is 2.57 bits per heavy atom. The van der Waals surface area contributed by atoms with E-state index >= 15 is 0 Å². The van der Waals surface area contributed by atoms with Crippen molar-refractivity contribution in [2.75, 3.05) is 13.2 Å². The van der Waals surface area contributed by atoms with Crippen molar-refractivity contribution in [2.24, 2.45) is 5.92 Å². The Kier molecular flexibility index (Phi) is 2.70. The van der Waals surface area contributed by atoms with Gasteiger partial charge in [0, 0.05) is 19.2 Å². The maximum Gasteiger partial charge on any atom is 0.115 e. The topological polar surface area (TPSA) is 52.5 Å². The normalized spacial score (nSPS) is 26.6. The van der Waals surface area contributed by atoms with Crippen molar-refractivity contribution in [1.82, 2.24) is 5.32 Å². The van der Waals surface area contributed by atoms with E-state index in [2.05, 4.69) is 5.32 Å². The molecule has 0 radical (unpaired) electrons. The number of nitrogens with one attached hydrogen (secondary N) is 1. The van der Waals surface area contributed by atoms with E-state index in [-0.39, 0.29) is 6.61 Å². The number of benzene rings is 1. The lowest BCUT2D eigenvalue weighted by molar-refractivity contribution is 0.236. The molecule has 1 heterocycles. The molecule has 1 aliphatic heterocycles. The first kappa shape index (κ1) is 9.49. The van der Waals surface area contributed by atoms with Gasteiger partial charge in [-0.15, -0.1) is 0 Å². The molecule has 3 heteroatoms. The molecule has 0 saturated carbocycles. The summed E-state index contributed by atoms with van der Waals surface area (Å²) in [5.74, 6) is 0.666. The second-order valence-electron chi connectivity index (χ2n) is 3.84. The van der Waals surface area contributed by atoms with E-state index in [9.17, 15) is 0 Å². The van der Waals surface area contributed by atoms with Crippen LogP contribution in [-0.2, 0) is 0 Å². The Morgan fingerprint density at radius 2 is 2.00 bits per heavy atom. The van der Waals surface area contributed by atoms with Crippen LogP contribution in [-0.4, -0.2) is 23.4 Å². The number of hydrogen-bond acceptors (Lipinski definition) is 3. The summed E-state index contributed by atoms with van der Waals surface area (Å²) < 4.78 is 0. The zero-order chi connectivity index (χ0) is 9.97. The van der Waals surface area contributed by atoms with Crippen LogP contribution in [0.15, 0.2) is 24.3 Å². The lowest BCUT2D eigenvalue weighted by Crippen LogP contribution is -2.14. The second-order valence-corrected chi connectivity index (χ2v) is 3.84. The molecule has 0 amide bonds. The van der Waals surface area contributed by atoms with Crippen molar-refractivity contribution in [2.45, 2.75) is 12.5 Å². The second kappa shape index (κ2) is 3.98. The zero-order valence-electron chi connectivity index (χ0n) is 7.98. The minimum absolute atomic E-state index is 0.252. The number of aliphatic hydroxyl groups is 1. The molecule has 1 aliphatic rings. The molecule has 0 aliphatic carbocycles. The standard InChI is InChI=1S/C11H15NO2/c13-7-8-5-11(12-6-8)9-1-3-10(14)4-2-9/h1-4,8,11-14H,5-7H2. The highest BCUT2D eigenvalue weighted by Gasteiger charge is 2.24. The van der Waals surface area contributed by atoms with Crippen LogP contribution in [0.5, 0.6) is 5.75 Å². The largest absolute Gasteiger partial charge is 0.508 e. The van der Waals surface area contributed by atoms with Crippen LogP contribution >= 0.6 is 0 Å². The van der Waals surface area contributed by atoms with Crippen LogP contribution < -0.4 is 5.32 Å². The maximum absolute atomic E-state index is 9.14. The van der Waals surface area contributed by atoms with Crippen molar-refractivity contribution < 1.29 is 10.2 Å². The molecule has 0 spiro atoms. The molecule has 2 atom stereocenters. The van der Waals surface area contributed by atoms with Crippen LogP contribution in [0, 0.1) is 5.92 Å². The average molecular weight is 193 g/mol. The quantitative estimate of drug-likeness (QED) is 0.657. The van der Waals surface area contributed by atoms with Crippen LogP contribution in [0.2, 0.25) is 0 Å². The maximum atomic E-state index is 9.14. The molecule has 0 aromatic heterocycles. The summed E-state index contributed by atoms with van der Waals surface area (Å²) in [6.45, 7) is 1.13. The van der Waals surface area contributed by atoms with Crippen LogP contribution in [0.3, 0.4) is 0 Å². The smallest absolute Gasteiger partial charge is 0.115 e. The highest BCUT2D eigenvalue weighted by atomic mass is 16.3. The van der Waals surface area contributed by atoms with E-state index in [4.69, 9.17) is 10.2 Å². The Morgan fingerprint density at radius 1 is 1.29 bits per heavy atom. The number of hydrogen-bond donors (Lipinski definition) is 3. The Hall–Kier alpha value is -1.06. The molecular formula is C11H15NO2. The third-order valence-corrected chi connectivity index (χ3v) is 2.78. The molecule has 76 valence electrons. The minimum Gasteiger partial charge on any atom is -0.508 e. The third kappa shape index (κ3) is 1.89. The number of aliphatic hydroxyl groups excluding tert-OH is 1. The number of rotatable bonds is 2. The number of phenols is 1. The summed E-state index contributed by atoms with van der Waals surface area (Å²) in [6.07, 6.45) is 0.973. The van der Waals surface area contributed by atoms with Crippen molar-refractivity contribution in [3.63, 3.8) is 0 Å². The van der Waals surface area contributed by atoms with E-state index in [0.717, 1.165) is 13.0 Å². The van der Waals surface area contributed by atoms with Gasteiger partial charge in [0.1, 0.15) is 5.75 Å². The van der Waals surface area contributed by atoms with Gasteiger partial charge in [-0.1, -0.05) is 12.1 Å². The fourth-order valence-electron chi connectivity index (χ4n) is 1.91. The highest BCUT2D eigenvalue weighted by Crippen LogP contribution is 2.27. The van der Waals surface area contributed by atoms with Gasteiger partial charge in [0.25, 0.3) is 0 Å². The van der Waals surface area contributed by atoms with Gasteiger partial charge < -0.3 is 15.5 Å². The molecule has 1 aromatic carbocycles. The summed E-state index contributed by atoms with van der Waals surface area (Å²) >= 11 is 0. The summed E-state index contributed by atoms with van der Waals surface area (Å²) in [7, 11) is 0. The van der Waals surface area contributed by atoms with E-state index in [1.165, 1.54) is 5.56 Å². The lowest BCUT2D eigenvalue weighted by Gasteiger charge is -2.10. The molecule has 1 aromatic rings. The first-order valence-corrected chi connectivity index (χ1v) is 4.93. The molecule has 14 heavy (non-hydrogen) atoms. The van der Waals surface area contributed by atoms with Gasteiger partial charge >= 0.3 is 0 Å². The van der Waals surface area contributed by atoms with Gasteiger partial charge in [0.2, 0.25) is 0 Å². The van der Waals surface area contributed by atoms with Gasteiger partial charge in [0.05, 0.1) is 0 Å².